The van der Waals surface area contributed by atoms with E-state index in [1.807, 2.05) is 13.8 Å². The molecular formula is C11H13F3O2. The summed E-state index contributed by atoms with van der Waals surface area (Å²) >= 11 is 0. The Hall–Kier alpha value is -1.39. The third kappa shape index (κ3) is 4.42. The van der Waals surface area contributed by atoms with Crippen molar-refractivity contribution in [1.29, 1.82) is 0 Å². The summed E-state index contributed by atoms with van der Waals surface area (Å²) in [7, 11) is 0. The van der Waals surface area contributed by atoms with Crippen LogP contribution in [0.2, 0.25) is 0 Å². The van der Waals surface area contributed by atoms with Crippen LogP contribution in [-0.2, 0) is 0 Å². The fourth-order valence-corrected chi connectivity index (χ4v) is 1.04. The van der Waals surface area contributed by atoms with Gasteiger partial charge in [-0.3, -0.25) is 0 Å². The van der Waals surface area contributed by atoms with Crippen molar-refractivity contribution >= 4 is 0 Å². The van der Waals surface area contributed by atoms with Gasteiger partial charge in [0.2, 0.25) is 0 Å². The Kier molecular flexibility index (Phi) is 4.04. The quantitative estimate of drug-likeness (QED) is 0.789. The maximum absolute atomic E-state index is 11.9. The molecule has 0 aliphatic heterocycles. The van der Waals surface area contributed by atoms with Crippen LogP contribution in [0.15, 0.2) is 24.3 Å². The van der Waals surface area contributed by atoms with Crippen LogP contribution in [0.4, 0.5) is 13.2 Å². The van der Waals surface area contributed by atoms with Gasteiger partial charge >= 0.3 is 6.36 Å². The van der Waals surface area contributed by atoms with E-state index in [-0.39, 0.29) is 11.9 Å². The minimum absolute atomic E-state index is 0.0365. The third-order valence-electron chi connectivity index (χ3n) is 1.97. The van der Waals surface area contributed by atoms with Crippen LogP contribution in [0.1, 0.15) is 20.3 Å². The molecule has 16 heavy (non-hydrogen) atoms. The Morgan fingerprint density at radius 1 is 1.12 bits per heavy atom. The third-order valence-corrected chi connectivity index (χ3v) is 1.97. The Bertz CT molecular complexity index is 319. The first kappa shape index (κ1) is 12.7. The second kappa shape index (κ2) is 5.09. The van der Waals surface area contributed by atoms with Crippen molar-refractivity contribution < 1.29 is 22.6 Å². The molecule has 5 heteroatoms. The number of ether oxygens (including phenoxy) is 2. The molecule has 1 rings (SSSR count). The molecule has 0 radical (unpaired) electrons. The molecule has 0 heterocycles. The molecule has 0 aliphatic carbocycles. The Balaban J connectivity index is 2.61. The largest absolute Gasteiger partial charge is 0.573 e. The van der Waals surface area contributed by atoms with Gasteiger partial charge in [-0.25, -0.2) is 0 Å². The van der Waals surface area contributed by atoms with E-state index in [1.54, 1.807) is 0 Å². The summed E-state index contributed by atoms with van der Waals surface area (Å²) in [5, 5.41) is 0. The van der Waals surface area contributed by atoms with Gasteiger partial charge in [0.05, 0.1) is 6.10 Å². The molecule has 0 fully saturated rings. The predicted octanol–water partition coefficient (Wildman–Crippen LogP) is 3.76. The SMILES string of the molecule is CCC(C)Oc1ccc(OC(F)(F)F)cc1. The summed E-state index contributed by atoms with van der Waals surface area (Å²) in [5.41, 5.74) is 0. The zero-order chi connectivity index (χ0) is 12.2. The normalized spacial score (nSPS) is 13.3. The van der Waals surface area contributed by atoms with Crippen molar-refractivity contribution in [2.24, 2.45) is 0 Å². The van der Waals surface area contributed by atoms with Crippen molar-refractivity contribution in [2.45, 2.75) is 32.7 Å². The first-order valence-corrected chi connectivity index (χ1v) is 4.93. The van der Waals surface area contributed by atoms with Crippen LogP contribution in [0, 0.1) is 0 Å². The summed E-state index contributed by atoms with van der Waals surface area (Å²) in [6, 6.07) is 5.36. The molecule has 1 aromatic rings. The Labute approximate surface area is 92.0 Å². The van der Waals surface area contributed by atoms with E-state index in [0.29, 0.717) is 5.75 Å². The maximum Gasteiger partial charge on any atom is 0.573 e. The van der Waals surface area contributed by atoms with E-state index in [0.717, 1.165) is 6.42 Å². The molecule has 1 atom stereocenters. The van der Waals surface area contributed by atoms with Gasteiger partial charge in [-0.1, -0.05) is 6.92 Å². The van der Waals surface area contributed by atoms with Crippen LogP contribution < -0.4 is 9.47 Å². The number of hydrogen-bond donors (Lipinski definition) is 0. The van der Waals surface area contributed by atoms with E-state index in [2.05, 4.69) is 4.74 Å². The number of halogens is 3. The highest BCUT2D eigenvalue weighted by atomic mass is 19.4. The Morgan fingerprint density at radius 3 is 2.06 bits per heavy atom. The van der Waals surface area contributed by atoms with Crippen LogP contribution in [0.25, 0.3) is 0 Å². The van der Waals surface area contributed by atoms with E-state index < -0.39 is 6.36 Å². The Morgan fingerprint density at radius 2 is 1.62 bits per heavy atom. The number of benzene rings is 1. The van der Waals surface area contributed by atoms with Crippen LogP contribution in [0.5, 0.6) is 11.5 Å². The fourth-order valence-electron chi connectivity index (χ4n) is 1.04. The van der Waals surface area contributed by atoms with Crippen LogP contribution in [-0.4, -0.2) is 12.5 Å². The second-order valence-corrected chi connectivity index (χ2v) is 3.36. The first-order chi connectivity index (χ1) is 7.40. The zero-order valence-corrected chi connectivity index (χ0v) is 9.04. The minimum atomic E-state index is -4.65. The minimum Gasteiger partial charge on any atom is -0.491 e. The van der Waals surface area contributed by atoms with Gasteiger partial charge in [-0.05, 0) is 37.6 Å². The van der Waals surface area contributed by atoms with Crippen LogP contribution in [0.3, 0.4) is 0 Å². The number of rotatable bonds is 4. The van der Waals surface area contributed by atoms with Crippen molar-refractivity contribution in [3.63, 3.8) is 0 Å². The summed E-state index contributed by atoms with van der Waals surface area (Å²) < 4.78 is 44.7. The molecule has 0 saturated heterocycles. The van der Waals surface area contributed by atoms with Crippen LogP contribution >= 0.6 is 0 Å². The van der Waals surface area contributed by atoms with E-state index >= 15 is 0 Å². The smallest absolute Gasteiger partial charge is 0.491 e. The molecule has 0 aromatic heterocycles. The van der Waals surface area contributed by atoms with Crippen molar-refractivity contribution in [3.8, 4) is 11.5 Å². The summed E-state index contributed by atoms with van der Waals surface area (Å²) in [6.45, 7) is 3.85. The number of hydrogen-bond acceptors (Lipinski definition) is 2. The average molecular weight is 234 g/mol. The van der Waals surface area contributed by atoms with Crippen molar-refractivity contribution in [3.05, 3.63) is 24.3 Å². The van der Waals surface area contributed by atoms with E-state index in [1.165, 1.54) is 24.3 Å². The highest BCUT2D eigenvalue weighted by Crippen LogP contribution is 2.25. The van der Waals surface area contributed by atoms with Gasteiger partial charge < -0.3 is 9.47 Å². The van der Waals surface area contributed by atoms with Gasteiger partial charge in [0.15, 0.2) is 0 Å². The van der Waals surface area contributed by atoms with Gasteiger partial charge in [0.1, 0.15) is 11.5 Å². The van der Waals surface area contributed by atoms with Crippen molar-refractivity contribution in [1.82, 2.24) is 0 Å². The molecule has 0 spiro atoms. The number of alkyl halides is 3. The molecule has 1 unspecified atom stereocenters. The fraction of sp³-hybridized carbons (Fsp3) is 0.455. The summed E-state index contributed by atoms with van der Waals surface area (Å²) in [5.74, 6) is 0.285. The lowest BCUT2D eigenvalue weighted by Gasteiger charge is -2.13. The molecule has 2 nitrogen and oxygen atoms in total. The molecule has 0 amide bonds. The highest BCUT2D eigenvalue weighted by Gasteiger charge is 2.30. The maximum atomic E-state index is 11.9. The highest BCUT2D eigenvalue weighted by molar-refractivity contribution is 5.31. The topological polar surface area (TPSA) is 18.5 Å². The van der Waals surface area contributed by atoms with Gasteiger partial charge in [0, 0.05) is 0 Å². The van der Waals surface area contributed by atoms with Gasteiger partial charge in [0.25, 0.3) is 0 Å². The molecule has 1 aromatic carbocycles. The van der Waals surface area contributed by atoms with E-state index in [9.17, 15) is 13.2 Å². The predicted molar refractivity (Wildman–Crippen MR) is 53.5 cm³/mol. The second-order valence-electron chi connectivity index (χ2n) is 3.36. The average Bonchev–Trinajstić information content (AvgIpc) is 2.18. The monoisotopic (exact) mass is 234 g/mol. The molecule has 0 saturated carbocycles. The lowest BCUT2D eigenvalue weighted by molar-refractivity contribution is -0.274. The molecule has 0 aliphatic rings. The summed E-state index contributed by atoms with van der Waals surface area (Å²) in [4.78, 5) is 0. The molecule has 90 valence electrons. The summed E-state index contributed by atoms with van der Waals surface area (Å²) in [6.07, 6.45) is -3.78. The molecular weight excluding hydrogens is 221 g/mol. The van der Waals surface area contributed by atoms with Crippen molar-refractivity contribution in [2.75, 3.05) is 0 Å². The molecule has 0 bridgehead atoms. The lowest BCUT2D eigenvalue weighted by Crippen LogP contribution is -2.17. The lowest BCUT2D eigenvalue weighted by atomic mass is 10.3. The van der Waals surface area contributed by atoms with E-state index in [4.69, 9.17) is 4.74 Å². The molecule has 0 N–H and O–H groups in total. The standard InChI is InChI=1S/C11H13F3O2/c1-3-8(2)15-9-4-6-10(7-5-9)16-11(12,13)14/h4-8H,3H2,1-2H3. The zero-order valence-electron chi connectivity index (χ0n) is 9.04. The first-order valence-electron chi connectivity index (χ1n) is 4.93. The van der Waals surface area contributed by atoms with Gasteiger partial charge in [-0.15, -0.1) is 13.2 Å². The van der Waals surface area contributed by atoms with Gasteiger partial charge in [-0.2, -0.15) is 0 Å².